The molecule has 0 bridgehead atoms. The molecular weight excluding hydrogens is 562 g/mol. The summed E-state index contributed by atoms with van der Waals surface area (Å²) < 4.78 is 13.2. The molecule has 9 nitrogen and oxygen atoms in total. The molecule has 0 fully saturated rings. The van der Waals surface area contributed by atoms with Crippen LogP contribution in [0.1, 0.15) is 21.9 Å². The largest absolute Gasteiger partial charge is 0.497 e. The summed E-state index contributed by atoms with van der Waals surface area (Å²) in [5, 5.41) is 7.77. The predicted molar refractivity (Wildman–Crippen MR) is 172 cm³/mol. The number of carbonyl (C=O) groups is 2. The van der Waals surface area contributed by atoms with Gasteiger partial charge in [0.15, 0.2) is 0 Å². The van der Waals surface area contributed by atoms with Crippen molar-refractivity contribution in [3.8, 4) is 28.4 Å². The van der Waals surface area contributed by atoms with Gasteiger partial charge < -0.3 is 19.7 Å². The molecule has 5 rings (SSSR count). The summed E-state index contributed by atoms with van der Waals surface area (Å²) in [4.78, 5) is 30.8. The fourth-order valence-electron chi connectivity index (χ4n) is 5.10. The number of nitrogens with zero attached hydrogens (tertiary/aromatic N) is 4. The molecule has 0 saturated carbocycles. The fraction of sp³-hybridized carbons (Fsp3) is 0.303. The van der Waals surface area contributed by atoms with Gasteiger partial charge in [-0.1, -0.05) is 48.0 Å². The Hall–Kier alpha value is -4.28. The Morgan fingerprint density at radius 1 is 1.05 bits per heavy atom. The van der Waals surface area contributed by atoms with Gasteiger partial charge in [-0.05, 0) is 51.4 Å². The van der Waals surface area contributed by atoms with Gasteiger partial charge in [0.2, 0.25) is 11.8 Å². The van der Waals surface area contributed by atoms with E-state index in [2.05, 4.69) is 5.32 Å². The van der Waals surface area contributed by atoms with Crippen LogP contribution in [0.2, 0.25) is 0 Å². The van der Waals surface area contributed by atoms with E-state index < -0.39 is 0 Å². The molecule has 0 aliphatic carbocycles. The number of anilines is 1. The first-order valence-electron chi connectivity index (χ1n) is 14.1. The molecule has 0 unspecified atom stereocenters. The zero-order valence-corrected chi connectivity index (χ0v) is 26.0. The highest BCUT2D eigenvalue weighted by molar-refractivity contribution is 8.00. The zero-order valence-electron chi connectivity index (χ0n) is 25.2. The molecular formula is C33H37N5O4S. The summed E-state index contributed by atoms with van der Waals surface area (Å²) in [5.74, 6) is 1.67. The lowest BCUT2D eigenvalue weighted by Gasteiger charge is -2.24. The van der Waals surface area contributed by atoms with Gasteiger partial charge in [0.25, 0.3) is 0 Å². The first-order valence-corrected chi connectivity index (χ1v) is 15.2. The summed E-state index contributed by atoms with van der Waals surface area (Å²) in [6.07, 6.45) is 0. The lowest BCUT2D eigenvalue weighted by molar-refractivity contribution is -0.122. The van der Waals surface area contributed by atoms with Gasteiger partial charge in [-0.3, -0.25) is 14.5 Å². The van der Waals surface area contributed by atoms with E-state index in [4.69, 9.17) is 14.6 Å². The van der Waals surface area contributed by atoms with Crippen molar-refractivity contribution >= 4 is 29.4 Å². The third-order valence-electron chi connectivity index (χ3n) is 7.32. The first-order chi connectivity index (χ1) is 20.8. The highest BCUT2D eigenvalue weighted by atomic mass is 32.2. The lowest BCUT2D eigenvalue weighted by atomic mass is 9.98. The Morgan fingerprint density at radius 2 is 1.79 bits per heavy atom. The van der Waals surface area contributed by atoms with Crippen molar-refractivity contribution in [1.29, 1.82) is 0 Å². The van der Waals surface area contributed by atoms with E-state index in [1.54, 1.807) is 23.8 Å². The minimum absolute atomic E-state index is 0.131. The third kappa shape index (κ3) is 6.55. The van der Waals surface area contributed by atoms with Gasteiger partial charge in [-0.2, -0.15) is 5.10 Å². The minimum atomic E-state index is -0.347. The standard InChI is InChI=1S/C33H37N5O4S/c1-22-11-13-24(14-12-22)38-33-30(31(35-38)23-9-7-6-8-10-23)32(26-19-25(41-4)15-16-27(26)42-5)43-21-29(40)37(33)20-28(39)34-17-18-36(2)3/h6-16,19,32H,17-18,20-21H2,1-5H3,(H,34,39)/t32-/m0/s1. The van der Waals surface area contributed by atoms with Crippen LogP contribution in [0.15, 0.2) is 72.8 Å². The van der Waals surface area contributed by atoms with E-state index in [9.17, 15) is 9.59 Å². The third-order valence-corrected chi connectivity index (χ3v) is 8.55. The monoisotopic (exact) mass is 599 g/mol. The molecule has 0 radical (unpaired) electrons. The van der Waals surface area contributed by atoms with Crippen molar-refractivity contribution in [1.82, 2.24) is 20.0 Å². The van der Waals surface area contributed by atoms with Gasteiger partial charge in [0.1, 0.15) is 23.9 Å². The number of rotatable bonds is 10. The van der Waals surface area contributed by atoms with Crippen molar-refractivity contribution in [2.45, 2.75) is 12.2 Å². The highest BCUT2D eigenvalue weighted by Gasteiger charge is 2.38. The summed E-state index contributed by atoms with van der Waals surface area (Å²) >= 11 is 1.49. The van der Waals surface area contributed by atoms with Gasteiger partial charge in [-0.15, -0.1) is 11.8 Å². The molecule has 2 heterocycles. The second-order valence-electron chi connectivity index (χ2n) is 10.6. The van der Waals surface area contributed by atoms with E-state index in [0.29, 0.717) is 30.4 Å². The maximum absolute atomic E-state index is 14.0. The Bertz CT molecular complexity index is 1590. The molecule has 0 spiro atoms. The zero-order chi connectivity index (χ0) is 30.5. The van der Waals surface area contributed by atoms with Crippen molar-refractivity contribution in [2.24, 2.45) is 0 Å². The van der Waals surface area contributed by atoms with E-state index in [1.165, 1.54) is 11.8 Å². The maximum Gasteiger partial charge on any atom is 0.240 e. The van der Waals surface area contributed by atoms with Crippen molar-refractivity contribution < 1.29 is 19.1 Å². The van der Waals surface area contributed by atoms with Crippen LogP contribution in [-0.4, -0.2) is 80.2 Å². The van der Waals surface area contributed by atoms with Gasteiger partial charge in [0.05, 0.1) is 36.6 Å². The normalized spacial score (nSPS) is 14.8. The number of ether oxygens (including phenoxy) is 2. The maximum atomic E-state index is 14.0. The average molecular weight is 600 g/mol. The van der Waals surface area contributed by atoms with E-state index >= 15 is 0 Å². The molecule has 43 heavy (non-hydrogen) atoms. The van der Waals surface area contributed by atoms with E-state index in [0.717, 1.165) is 33.6 Å². The number of amides is 2. The molecule has 1 atom stereocenters. The van der Waals surface area contributed by atoms with Crippen LogP contribution >= 0.6 is 11.8 Å². The molecule has 1 aromatic heterocycles. The molecule has 1 N–H and O–H groups in total. The van der Waals surface area contributed by atoms with Crippen LogP contribution in [-0.2, 0) is 9.59 Å². The van der Waals surface area contributed by atoms with Crippen molar-refractivity contribution in [2.75, 3.05) is 58.6 Å². The number of methoxy groups -OCH3 is 2. The molecule has 1 aliphatic heterocycles. The Kier molecular flexibility index (Phi) is 9.37. The summed E-state index contributed by atoms with van der Waals surface area (Å²) in [7, 11) is 7.16. The average Bonchev–Trinajstić information content (AvgIpc) is 3.34. The van der Waals surface area contributed by atoms with Crippen LogP contribution in [0.3, 0.4) is 0 Å². The summed E-state index contributed by atoms with van der Waals surface area (Å²) in [6.45, 7) is 3.07. The van der Waals surface area contributed by atoms with Crippen molar-refractivity contribution in [3.05, 3.63) is 89.5 Å². The molecule has 4 aromatic rings. The number of fused-ring (bicyclic) bond motifs is 1. The number of carbonyl (C=O) groups excluding carboxylic acids is 2. The predicted octanol–water partition coefficient (Wildman–Crippen LogP) is 4.71. The minimum Gasteiger partial charge on any atom is -0.497 e. The smallest absolute Gasteiger partial charge is 0.240 e. The van der Waals surface area contributed by atoms with Crippen LogP contribution in [0.25, 0.3) is 16.9 Å². The summed E-state index contributed by atoms with van der Waals surface area (Å²) in [5.41, 5.74) is 5.22. The number of aryl methyl sites for hydroxylation is 1. The molecule has 0 saturated heterocycles. The first kappa shape index (κ1) is 30.2. The molecule has 224 valence electrons. The van der Waals surface area contributed by atoms with Crippen LogP contribution in [0.4, 0.5) is 5.82 Å². The quantitative estimate of drug-likeness (QED) is 0.282. The van der Waals surface area contributed by atoms with Gasteiger partial charge in [-0.25, -0.2) is 4.68 Å². The topological polar surface area (TPSA) is 88.9 Å². The molecule has 1 aliphatic rings. The second-order valence-corrected chi connectivity index (χ2v) is 11.7. The highest BCUT2D eigenvalue weighted by Crippen LogP contribution is 2.51. The number of benzene rings is 3. The van der Waals surface area contributed by atoms with Gasteiger partial charge >= 0.3 is 0 Å². The lowest BCUT2D eigenvalue weighted by Crippen LogP contribution is -2.43. The van der Waals surface area contributed by atoms with Crippen LogP contribution in [0.5, 0.6) is 11.5 Å². The number of hydrogen-bond acceptors (Lipinski definition) is 7. The fourth-order valence-corrected chi connectivity index (χ4v) is 6.32. The summed E-state index contributed by atoms with van der Waals surface area (Å²) in [6, 6.07) is 23.6. The Balaban J connectivity index is 1.76. The SMILES string of the molecule is COc1ccc(OC)c([C@@H]2SCC(=O)N(CC(=O)NCCN(C)C)c3c2c(-c2ccccc2)nn3-c2ccc(C)cc2)c1. The van der Waals surface area contributed by atoms with E-state index in [1.807, 2.05) is 98.7 Å². The van der Waals surface area contributed by atoms with Crippen LogP contribution in [0, 0.1) is 6.92 Å². The van der Waals surface area contributed by atoms with Crippen molar-refractivity contribution in [3.63, 3.8) is 0 Å². The molecule has 2 amide bonds. The van der Waals surface area contributed by atoms with Crippen LogP contribution < -0.4 is 19.7 Å². The van der Waals surface area contributed by atoms with E-state index in [-0.39, 0.29) is 29.4 Å². The number of thioether (sulfide) groups is 1. The number of aromatic nitrogens is 2. The van der Waals surface area contributed by atoms with Gasteiger partial charge in [0, 0.05) is 29.8 Å². The number of nitrogens with one attached hydrogen (secondary N) is 1. The number of likely N-dealkylation sites (N-methyl/N-ethyl adjacent to an activating group) is 1. The Labute approximate surface area is 256 Å². The molecule has 3 aromatic carbocycles. The Morgan fingerprint density at radius 3 is 2.47 bits per heavy atom. The molecule has 10 heteroatoms. The second kappa shape index (κ2) is 13.4. The number of hydrogen-bond donors (Lipinski definition) is 1.